The number of carbonyl (C=O) groups excluding carboxylic acids is 2. The number of carbonyl (C=O) groups is 2. The predicted molar refractivity (Wildman–Crippen MR) is 112 cm³/mol. The second kappa shape index (κ2) is 7.28. The van der Waals surface area contributed by atoms with E-state index in [1.54, 1.807) is 12.1 Å². The fourth-order valence-electron chi connectivity index (χ4n) is 3.36. The van der Waals surface area contributed by atoms with Gasteiger partial charge in [-0.3, -0.25) is 9.59 Å². The molecule has 1 unspecified atom stereocenters. The van der Waals surface area contributed by atoms with E-state index in [1.807, 2.05) is 30.5 Å². The maximum Gasteiger partial charge on any atom is 0.298 e. The number of benzene rings is 2. The Balaban J connectivity index is 1.77. The van der Waals surface area contributed by atoms with Crippen molar-refractivity contribution in [2.45, 2.75) is 26.3 Å². The molecule has 1 aliphatic rings. The van der Waals surface area contributed by atoms with Gasteiger partial charge in [0.2, 0.25) is 0 Å². The van der Waals surface area contributed by atoms with Gasteiger partial charge in [-0.2, -0.15) is 0 Å². The van der Waals surface area contributed by atoms with Crippen LogP contribution in [0.2, 0.25) is 0 Å². The van der Waals surface area contributed by atoms with Gasteiger partial charge < -0.3 is 4.57 Å². The highest BCUT2D eigenvalue weighted by atomic mass is 32.2. The van der Waals surface area contributed by atoms with Gasteiger partial charge in [-0.1, -0.05) is 37.3 Å². The molecule has 1 atom stereocenters. The van der Waals surface area contributed by atoms with Gasteiger partial charge in [0.05, 0.1) is 10.6 Å². The number of hydrogen-bond acceptors (Lipinski definition) is 3. The lowest BCUT2D eigenvalue weighted by atomic mass is 10.1. The monoisotopic (exact) mass is 394 g/mol. The second-order valence-electron chi connectivity index (χ2n) is 6.73. The topological polar surface area (TPSA) is 42.3 Å². The smallest absolute Gasteiger partial charge is 0.298 e. The van der Waals surface area contributed by atoms with E-state index in [-0.39, 0.29) is 5.69 Å². The summed E-state index contributed by atoms with van der Waals surface area (Å²) in [5, 5.41) is 0.521. The van der Waals surface area contributed by atoms with Crippen molar-refractivity contribution in [1.29, 1.82) is 0 Å². The average Bonchev–Trinajstić information content (AvgIpc) is 3.20. The highest BCUT2D eigenvalue weighted by molar-refractivity contribution is 8.19. The van der Waals surface area contributed by atoms with E-state index >= 15 is 0 Å². The highest BCUT2D eigenvalue weighted by Gasteiger charge is 2.37. The maximum absolute atomic E-state index is 14.1. The fraction of sp³-hybridized carbons (Fsp3) is 0.182. The van der Waals surface area contributed by atoms with Gasteiger partial charge >= 0.3 is 0 Å². The summed E-state index contributed by atoms with van der Waals surface area (Å²) in [6.07, 6.45) is 4.71. The van der Waals surface area contributed by atoms with Crippen molar-refractivity contribution < 1.29 is 14.0 Å². The molecule has 0 N–H and O–H groups in total. The quantitative estimate of drug-likeness (QED) is 0.510. The number of amides is 2. The normalized spacial score (nSPS) is 17.1. The van der Waals surface area contributed by atoms with Crippen molar-refractivity contribution in [3.05, 3.63) is 71.0 Å². The summed E-state index contributed by atoms with van der Waals surface area (Å²) >= 11 is 0.835. The summed E-state index contributed by atoms with van der Waals surface area (Å²) in [7, 11) is 0. The van der Waals surface area contributed by atoms with Crippen LogP contribution in [0, 0.1) is 5.82 Å². The highest BCUT2D eigenvalue weighted by Crippen LogP contribution is 2.38. The van der Waals surface area contributed by atoms with Crippen LogP contribution < -0.4 is 4.90 Å². The molecule has 0 bridgehead atoms. The summed E-state index contributed by atoms with van der Waals surface area (Å²) in [6.45, 7) is 4.27. The summed E-state index contributed by atoms with van der Waals surface area (Å²) in [5.41, 5.74) is 1.93. The van der Waals surface area contributed by atoms with Crippen LogP contribution in [0.15, 0.2) is 59.6 Å². The Morgan fingerprint density at radius 2 is 1.82 bits per heavy atom. The van der Waals surface area contributed by atoms with Gasteiger partial charge in [0.25, 0.3) is 11.1 Å². The number of rotatable bonds is 4. The third-order valence-electron chi connectivity index (χ3n) is 5.01. The van der Waals surface area contributed by atoms with Crippen molar-refractivity contribution in [1.82, 2.24) is 4.57 Å². The molecule has 28 heavy (non-hydrogen) atoms. The third-order valence-corrected chi connectivity index (χ3v) is 5.88. The van der Waals surface area contributed by atoms with Crippen molar-refractivity contribution in [2.75, 3.05) is 4.90 Å². The molecule has 1 aliphatic heterocycles. The number of thioether (sulfide) groups is 1. The number of aromatic nitrogens is 1. The summed E-state index contributed by atoms with van der Waals surface area (Å²) in [4.78, 5) is 26.5. The number of imide groups is 1. The molecule has 2 aromatic carbocycles. The standard InChI is InChI=1S/C22H19FN2O2S/c1-3-14(2)24-13-15(16-8-4-6-10-18(16)24)12-20-21(26)25(22(27)28-20)19-11-7-5-9-17(19)23/h4-14H,3H2,1-2H3/b20-12+. The van der Waals surface area contributed by atoms with E-state index in [2.05, 4.69) is 18.4 Å². The minimum absolute atomic E-state index is 0.0181. The van der Waals surface area contributed by atoms with Crippen LogP contribution in [0.3, 0.4) is 0 Å². The third kappa shape index (κ3) is 3.03. The van der Waals surface area contributed by atoms with Crippen molar-refractivity contribution in [3.8, 4) is 0 Å². The molecule has 0 radical (unpaired) electrons. The Morgan fingerprint density at radius 1 is 1.11 bits per heavy atom. The van der Waals surface area contributed by atoms with E-state index < -0.39 is 17.0 Å². The molecule has 3 aromatic rings. The van der Waals surface area contributed by atoms with Crippen LogP contribution in [-0.2, 0) is 4.79 Å². The Morgan fingerprint density at radius 3 is 2.57 bits per heavy atom. The molecule has 1 saturated heterocycles. The van der Waals surface area contributed by atoms with Crippen LogP contribution in [0.5, 0.6) is 0 Å². The van der Waals surface area contributed by atoms with E-state index in [1.165, 1.54) is 18.2 Å². The maximum atomic E-state index is 14.1. The number of anilines is 1. The number of halogens is 1. The van der Waals surface area contributed by atoms with Crippen LogP contribution in [0.4, 0.5) is 14.9 Å². The molecule has 4 rings (SSSR count). The van der Waals surface area contributed by atoms with Crippen LogP contribution in [0.25, 0.3) is 17.0 Å². The molecule has 4 nitrogen and oxygen atoms in total. The van der Waals surface area contributed by atoms with E-state index in [4.69, 9.17) is 0 Å². The first-order chi connectivity index (χ1) is 13.5. The molecule has 1 fully saturated rings. The first-order valence-electron chi connectivity index (χ1n) is 9.13. The zero-order valence-corrected chi connectivity index (χ0v) is 16.4. The number of fused-ring (bicyclic) bond motifs is 1. The molecule has 6 heteroatoms. The van der Waals surface area contributed by atoms with E-state index in [0.29, 0.717) is 10.9 Å². The summed E-state index contributed by atoms with van der Waals surface area (Å²) in [6, 6.07) is 14.1. The lowest BCUT2D eigenvalue weighted by Gasteiger charge is -2.12. The molecule has 0 saturated carbocycles. The number of para-hydroxylation sites is 2. The molecule has 2 amide bonds. The predicted octanol–water partition coefficient (Wildman–Crippen LogP) is 5.99. The van der Waals surface area contributed by atoms with E-state index in [9.17, 15) is 14.0 Å². The minimum Gasteiger partial charge on any atom is -0.344 e. The lowest BCUT2D eigenvalue weighted by molar-refractivity contribution is -0.113. The SMILES string of the molecule is CCC(C)n1cc(/C=C2/SC(=O)N(c3ccccc3F)C2=O)c2ccccc21. The van der Waals surface area contributed by atoms with Crippen molar-refractivity contribution in [3.63, 3.8) is 0 Å². The Kier molecular flexibility index (Phi) is 4.81. The zero-order valence-electron chi connectivity index (χ0n) is 15.6. The van der Waals surface area contributed by atoms with Gasteiger partial charge in [-0.25, -0.2) is 9.29 Å². The largest absolute Gasteiger partial charge is 0.344 e. The summed E-state index contributed by atoms with van der Waals surface area (Å²) < 4.78 is 16.3. The zero-order chi connectivity index (χ0) is 19.8. The van der Waals surface area contributed by atoms with E-state index in [0.717, 1.165) is 39.5 Å². The summed E-state index contributed by atoms with van der Waals surface area (Å²) in [5.74, 6) is -1.10. The molecule has 0 aliphatic carbocycles. The average molecular weight is 394 g/mol. The Hall–Kier alpha value is -2.86. The molecule has 142 valence electrons. The van der Waals surface area contributed by atoms with Crippen molar-refractivity contribution in [2.24, 2.45) is 0 Å². The molecule has 1 aromatic heterocycles. The van der Waals surface area contributed by atoms with Crippen LogP contribution in [-0.4, -0.2) is 15.7 Å². The first kappa shape index (κ1) is 18.5. The molecular formula is C22H19FN2O2S. The Labute approximate surface area is 166 Å². The van der Waals surface area contributed by atoms with Gasteiger partial charge in [0.15, 0.2) is 0 Å². The molecular weight excluding hydrogens is 375 g/mol. The van der Waals surface area contributed by atoms with Gasteiger partial charge in [-0.05, 0) is 49.4 Å². The molecule has 0 spiro atoms. The number of nitrogens with zero attached hydrogens (tertiary/aromatic N) is 2. The fourth-order valence-corrected chi connectivity index (χ4v) is 4.18. The van der Waals surface area contributed by atoms with Crippen molar-refractivity contribution >= 4 is 45.6 Å². The van der Waals surface area contributed by atoms with Crippen LogP contribution in [0.1, 0.15) is 31.9 Å². The Bertz CT molecular complexity index is 1120. The van der Waals surface area contributed by atoms with Gasteiger partial charge in [-0.15, -0.1) is 0 Å². The van der Waals surface area contributed by atoms with Crippen LogP contribution >= 0.6 is 11.8 Å². The van der Waals surface area contributed by atoms with Gasteiger partial charge in [0.1, 0.15) is 5.82 Å². The minimum atomic E-state index is -0.598. The number of hydrogen-bond donors (Lipinski definition) is 0. The lowest BCUT2D eigenvalue weighted by Crippen LogP contribution is -2.28. The van der Waals surface area contributed by atoms with Gasteiger partial charge in [0, 0.05) is 28.7 Å². The first-order valence-corrected chi connectivity index (χ1v) is 9.95. The second-order valence-corrected chi connectivity index (χ2v) is 7.73. The molecule has 2 heterocycles.